The van der Waals surface area contributed by atoms with Gasteiger partial charge in [0.25, 0.3) is 0 Å². The smallest absolute Gasteiger partial charge is 0.313 e. The van der Waals surface area contributed by atoms with Crippen LogP contribution in [0.1, 0.15) is 265 Å². The third kappa shape index (κ3) is 48.8. The van der Waals surface area contributed by atoms with Crippen molar-refractivity contribution in [3.05, 3.63) is 0 Å². The molecule has 0 bridgehead atoms. The van der Waals surface area contributed by atoms with E-state index in [2.05, 4.69) is 20.8 Å². The van der Waals surface area contributed by atoms with E-state index >= 15 is 0 Å². The zero-order valence-electron chi connectivity index (χ0n) is 33.5. The van der Waals surface area contributed by atoms with Gasteiger partial charge in [-0.3, -0.25) is 14.4 Å². The van der Waals surface area contributed by atoms with Gasteiger partial charge in [0.15, 0.2) is 0 Å². The molecule has 0 amide bonds. The molecule has 0 unspecified atom stereocenters. The Balaban J connectivity index is 0. The van der Waals surface area contributed by atoms with E-state index in [1.807, 2.05) is 0 Å². The third-order valence-electron chi connectivity index (χ3n) is 9.69. The Morgan fingerprint density at radius 1 is 0.306 bits per heavy atom. The number of ether oxygens (including phenoxy) is 1. The minimum atomic E-state index is -0.659. The van der Waals surface area contributed by atoms with E-state index in [-0.39, 0.29) is 11.9 Å². The van der Waals surface area contributed by atoms with E-state index in [0.717, 1.165) is 38.5 Å². The second-order valence-corrected chi connectivity index (χ2v) is 14.8. The van der Waals surface area contributed by atoms with Crippen molar-refractivity contribution in [1.29, 1.82) is 0 Å². The number of carboxylic acid groups (broad SMARTS) is 1. The second-order valence-electron chi connectivity index (χ2n) is 14.8. The maximum atomic E-state index is 11.8. The molecule has 0 aromatic rings. The van der Waals surface area contributed by atoms with Crippen LogP contribution in [0.15, 0.2) is 0 Å². The van der Waals surface area contributed by atoms with Crippen molar-refractivity contribution in [2.75, 3.05) is 0 Å². The molecule has 5 heteroatoms. The molecule has 5 nitrogen and oxygen atoms in total. The molecule has 0 aromatic carbocycles. The number of carbonyl (C=O) groups excluding carboxylic acids is 2. The molecule has 0 atom stereocenters. The van der Waals surface area contributed by atoms with Gasteiger partial charge in [0, 0.05) is 19.3 Å². The maximum absolute atomic E-state index is 11.8. The first kappa shape index (κ1) is 49.7. The topological polar surface area (TPSA) is 80.7 Å². The SMILES string of the molecule is CCCCCCCCCCCC(=O)O.CCCCCCCCCCCCCCCCCCCC(=O)OC(=O)CCCCCCCCCCC. The zero-order valence-corrected chi connectivity index (χ0v) is 33.5. The van der Waals surface area contributed by atoms with Crippen LogP contribution in [0.5, 0.6) is 0 Å². The Labute approximate surface area is 306 Å². The molecule has 1 N–H and O–H groups in total. The largest absolute Gasteiger partial charge is 0.481 e. The summed E-state index contributed by atoms with van der Waals surface area (Å²) in [5, 5.41) is 8.41. The lowest BCUT2D eigenvalue weighted by Gasteiger charge is -2.05. The van der Waals surface area contributed by atoms with Crippen LogP contribution in [-0.4, -0.2) is 23.0 Å². The lowest BCUT2D eigenvalue weighted by molar-refractivity contribution is -0.159. The van der Waals surface area contributed by atoms with Crippen LogP contribution in [-0.2, 0) is 19.1 Å². The van der Waals surface area contributed by atoms with Crippen LogP contribution in [0.4, 0.5) is 0 Å². The summed E-state index contributed by atoms with van der Waals surface area (Å²) < 4.78 is 4.97. The molecule has 0 radical (unpaired) electrons. The highest BCUT2D eigenvalue weighted by atomic mass is 16.6. The predicted molar refractivity (Wildman–Crippen MR) is 211 cm³/mol. The molecule has 292 valence electrons. The number of hydrogen-bond acceptors (Lipinski definition) is 4. The van der Waals surface area contributed by atoms with E-state index in [1.165, 1.54) is 186 Å². The number of carboxylic acids is 1. The molecule has 0 fully saturated rings. The number of aliphatic carboxylic acids is 1. The summed E-state index contributed by atoms with van der Waals surface area (Å²) in [6.07, 6.45) is 45.8. The van der Waals surface area contributed by atoms with Gasteiger partial charge in [0.2, 0.25) is 0 Å². The fourth-order valence-corrected chi connectivity index (χ4v) is 6.39. The highest BCUT2D eigenvalue weighted by Crippen LogP contribution is 2.15. The van der Waals surface area contributed by atoms with Crippen LogP contribution in [0.3, 0.4) is 0 Å². The van der Waals surface area contributed by atoms with E-state index in [0.29, 0.717) is 19.3 Å². The number of esters is 2. The molecule has 0 spiro atoms. The van der Waals surface area contributed by atoms with Crippen molar-refractivity contribution in [3.8, 4) is 0 Å². The average molecular weight is 695 g/mol. The van der Waals surface area contributed by atoms with Crippen molar-refractivity contribution in [2.45, 2.75) is 265 Å². The minimum absolute atomic E-state index is 0.327. The van der Waals surface area contributed by atoms with Gasteiger partial charge in [-0.05, 0) is 19.3 Å². The van der Waals surface area contributed by atoms with Gasteiger partial charge in [-0.25, -0.2) is 0 Å². The maximum Gasteiger partial charge on any atom is 0.313 e. The summed E-state index contributed by atoms with van der Waals surface area (Å²) in [6, 6.07) is 0. The highest BCUT2D eigenvalue weighted by Gasteiger charge is 2.10. The third-order valence-corrected chi connectivity index (χ3v) is 9.69. The van der Waals surface area contributed by atoms with Crippen molar-refractivity contribution >= 4 is 17.9 Å². The number of rotatable bonds is 38. The Bertz CT molecular complexity index is 676. The summed E-state index contributed by atoms with van der Waals surface area (Å²) in [5.74, 6) is -1.32. The van der Waals surface area contributed by atoms with Crippen LogP contribution < -0.4 is 0 Å². The Morgan fingerprint density at radius 2 is 0.490 bits per heavy atom. The van der Waals surface area contributed by atoms with Gasteiger partial charge in [0.05, 0.1) is 0 Å². The Morgan fingerprint density at radius 3 is 0.694 bits per heavy atom. The molecule has 49 heavy (non-hydrogen) atoms. The fourth-order valence-electron chi connectivity index (χ4n) is 6.39. The Kier molecular flexibility index (Phi) is 45.3. The van der Waals surface area contributed by atoms with Crippen molar-refractivity contribution < 1.29 is 24.2 Å². The lowest BCUT2D eigenvalue weighted by Crippen LogP contribution is -2.11. The molecule has 0 aromatic heterocycles. The first-order chi connectivity index (χ1) is 24.0. The summed E-state index contributed by atoms with van der Waals surface area (Å²) in [4.78, 5) is 33.8. The lowest BCUT2D eigenvalue weighted by atomic mass is 10.0. The van der Waals surface area contributed by atoms with Gasteiger partial charge >= 0.3 is 17.9 Å². The molecule has 0 saturated carbocycles. The zero-order chi connectivity index (χ0) is 36.3. The normalized spacial score (nSPS) is 10.9. The van der Waals surface area contributed by atoms with E-state index in [9.17, 15) is 14.4 Å². The highest BCUT2D eigenvalue weighted by molar-refractivity contribution is 5.85. The van der Waals surface area contributed by atoms with Crippen LogP contribution in [0.2, 0.25) is 0 Å². The molecular formula is C44H86O5. The predicted octanol–water partition coefficient (Wildman–Crippen LogP) is 15.0. The summed E-state index contributed by atoms with van der Waals surface area (Å²) in [5.41, 5.74) is 0. The molecule has 0 aliphatic rings. The molecule has 0 aliphatic heterocycles. The van der Waals surface area contributed by atoms with Crippen LogP contribution in [0, 0.1) is 0 Å². The minimum Gasteiger partial charge on any atom is -0.481 e. The van der Waals surface area contributed by atoms with E-state index in [4.69, 9.17) is 9.84 Å². The van der Waals surface area contributed by atoms with Crippen molar-refractivity contribution in [2.24, 2.45) is 0 Å². The number of hydrogen-bond donors (Lipinski definition) is 1. The van der Waals surface area contributed by atoms with E-state index < -0.39 is 5.97 Å². The molecule has 0 saturated heterocycles. The van der Waals surface area contributed by atoms with Crippen LogP contribution >= 0.6 is 0 Å². The summed E-state index contributed by atoms with van der Waals surface area (Å²) in [7, 11) is 0. The first-order valence-electron chi connectivity index (χ1n) is 21.9. The second kappa shape index (κ2) is 44.6. The number of unbranched alkanes of at least 4 members (excludes halogenated alkanes) is 32. The van der Waals surface area contributed by atoms with Crippen LogP contribution in [0.25, 0.3) is 0 Å². The van der Waals surface area contributed by atoms with Gasteiger partial charge in [-0.15, -0.1) is 0 Å². The number of carbonyl (C=O) groups is 3. The van der Waals surface area contributed by atoms with Crippen molar-refractivity contribution in [3.63, 3.8) is 0 Å². The van der Waals surface area contributed by atoms with Gasteiger partial charge in [-0.1, -0.05) is 226 Å². The standard InChI is InChI=1S/C32H62O3.C12H24O2/c1-3-5-7-9-11-13-14-15-16-17-18-19-20-22-24-26-28-30-32(34)35-31(33)29-27-25-23-21-12-10-8-6-4-2;1-2-3-4-5-6-7-8-9-10-11-12(13)14/h3-30H2,1-2H3;2-11H2,1H3,(H,13,14). The van der Waals surface area contributed by atoms with Gasteiger partial charge in [-0.2, -0.15) is 0 Å². The monoisotopic (exact) mass is 695 g/mol. The fraction of sp³-hybridized carbons (Fsp3) is 0.932. The van der Waals surface area contributed by atoms with Crippen molar-refractivity contribution in [1.82, 2.24) is 0 Å². The average Bonchev–Trinajstić information content (AvgIpc) is 3.08. The summed E-state index contributed by atoms with van der Waals surface area (Å²) in [6.45, 7) is 6.75. The molecular weight excluding hydrogens is 608 g/mol. The quantitative estimate of drug-likeness (QED) is 0.0395. The van der Waals surface area contributed by atoms with Gasteiger partial charge in [0.1, 0.15) is 0 Å². The molecule has 0 aliphatic carbocycles. The van der Waals surface area contributed by atoms with E-state index in [1.54, 1.807) is 0 Å². The van der Waals surface area contributed by atoms with Gasteiger partial charge < -0.3 is 9.84 Å². The summed E-state index contributed by atoms with van der Waals surface area (Å²) >= 11 is 0. The molecule has 0 heterocycles. The Hall–Kier alpha value is -1.39. The first-order valence-corrected chi connectivity index (χ1v) is 21.9. The molecule has 0 rings (SSSR count).